The van der Waals surface area contributed by atoms with Crippen molar-refractivity contribution in [3.8, 4) is 11.5 Å². The summed E-state index contributed by atoms with van der Waals surface area (Å²) in [5.74, 6) is -1.54. The molecule has 1 unspecified atom stereocenters. The van der Waals surface area contributed by atoms with Crippen molar-refractivity contribution in [2.75, 3.05) is 0 Å². The van der Waals surface area contributed by atoms with Gasteiger partial charge in [0.15, 0.2) is 11.6 Å². The SMILES string of the molecule is O=C(Cl)CC1CCc2ccc(Oc3c(F)cc(C(F)(F)F)cc3Cl)cc21. The summed E-state index contributed by atoms with van der Waals surface area (Å²) in [4.78, 5) is 11.2. The Bertz CT molecular complexity index is 842. The maximum atomic E-state index is 14.1. The lowest BCUT2D eigenvalue weighted by atomic mass is 9.98. The van der Waals surface area contributed by atoms with Gasteiger partial charge in [-0.3, -0.25) is 4.79 Å². The molecule has 0 bridgehead atoms. The molecule has 8 heteroatoms. The predicted molar refractivity (Wildman–Crippen MR) is 89.5 cm³/mol. The molecule has 1 aliphatic rings. The minimum atomic E-state index is -4.71. The maximum absolute atomic E-state index is 14.1. The van der Waals surface area contributed by atoms with Crippen molar-refractivity contribution in [1.82, 2.24) is 0 Å². The van der Waals surface area contributed by atoms with Gasteiger partial charge in [0.25, 0.3) is 0 Å². The van der Waals surface area contributed by atoms with Crippen LogP contribution >= 0.6 is 23.2 Å². The van der Waals surface area contributed by atoms with E-state index >= 15 is 0 Å². The van der Waals surface area contributed by atoms with Gasteiger partial charge in [-0.2, -0.15) is 13.2 Å². The van der Waals surface area contributed by atoms with E-state index in [4.69, 9.17) is 27.9 Å². The molecular formula is C18H12Cl2F4O2. The number of aryl methyl sites for hydroxylation is 1. The molecule has 0 saturated heterocycles. The van der Waals surface area contributed by atoms with Crippen LogP contribution in [0.4, 0.5) is 17.6 Å². The fourth-order valence-electron chi connectivity index (χ4n) is 3.07. The summed E-state index contributed by atoms with van der Waals surface area (Å²) in [5.41, 5.74) is 0.696. The molecule has 0 saturated carbocycles. The monoisotopic (exact) mass is 406 g/mol. The van der Waals surface area contributed by atoms with Crippen molar-refractivity contribution in [3.63, 3.8) is 0 Å². The van der Waals surface area contributed by atoms with Crippen LogP contribution in [0.15, 0.2) is 30.3 Å². The summed E-state index contributed by atoms with van der Waals surface area (Å²) in [6.07, 6.45) is -3.00. The molecule has 1 atom stereocenters. The van der Waals surface area contributed by atoms with Crippen molar-refractivity contribution >= 4 is 28.4 Å². The van der Waals surface area contributed by atoms with Gasteiger partial charge in [0.05, 0.1) is 10.6 Å². The number of hydrogen-bond donors (Lipinski definition) is 0. The maximum Gasteiger partial charge on any atom is 0.416 e. The molecule has 0 aromatic heterocycles. The summed E-state index contributed by atoms with van der Waals surface area (Å²) in [6, 6.07) is 5.95. The molecule has 0 fully saturated rings. The zero-order chi connectivity index (χ0) is 19.1. The quantitative estimate of drug-likeness (QED) is 0.429. The highest BCUT2D eigenvalue weighted by molar-refractivity contribution is 6.63. The molecule has 0 amide bonds. The molecule has 0 N–H and O–H groups in total. The standard InChI is InChI=1S/C18H12Cl2F4O2/c19-14-6-11(18(22,23)24)7-15(21)17(14)26-12-4-3-9-1-2-10(5-16(20)25)13(9)8-12/h3-4,6-8,10H,1-2,5H2. The second kappa shape index (κ2) is 7.08. The van der Waals surface area contributed by atoms with E-state index in [1.807, 2.05) is 0 Å². The van der Waals surface area contributed by atoms with Crippen LogP contribution in [0.3, 0.4) is 0 Å². The highest BCUT2D eigenvalue weighted by atomic mass is 35.5. The highest BCUT2D eigenvalue weighted by Crippen LogP contribution is 2.41. The zero-order valence-electron chi connectivity index (χ0n) is 13.2. The van der Waals surface area contributed by atoms with Crippen molar-refractivity contribution in [1.29, 1.82) is 0 Å². The number of carbonyl (C=O) groups excluding carboxylic acids is 1. The van der Waals surface area contributed by atoms with Crippen LogP contribution in [0.5, 0.6) is 11.5 Å². The number of alkyl halides is 3. The molecule has 1 aliphatic carbocycles. The van der Waals surface area contributed by atoms with Gasteiger partial charge in [0, 0.05) is 6.42 Å². The van der Waals surface area contributed by atoms with E-state index in [0.29, 0.717) is 12.1 Å². The van der Waals surface area contributed by atoms with E-state index in [0.717, 1.165) is 24.0 Å². The predicted octanol–water partition coefficient (Wildman–Crippen LogP) is 6.48. The summed E-state index contributed by atoms with van der Waals surface area (Å²) in [6.45, 7) is 0. The Labute approximate surface area is 156 Å². The summed E-state index contributed by atoms with van der Waals surface area (Å²) >= 11 is 11.2. The minimum Gasteiger partial charge on any atom is -0.453 e. The van der Waals surface area contributed by atoms with E-state index in [9.17, 15) is 22.4 Å². The number of benzene rings is 2. The molecule has 0 radical (unpaired) electrons. The largest absolute Gasteiger partial charge is 0.453 e. The molecular weight excluding hydrogens is 395 g/mol. The Morgan fingerprint density at radius 1 is 1.23 bits per heavy atom. The highest BCUT2D eigenvalue weighted by Gasteiger charge is 2.33. The fraction of sp³-hybridized carbons (Fsp3) is 0.278. The van der Waals surface area contributed by atoms with Crippen LogP contribution in [-0.2, 0) is 17.4 Å². The van der Waals surface area contributed by atoms with Gasteiger partial charge < -0.3 is 4.74 Å². The van der Waals surface area contributed by atoms with Crippen molar-refractivity contribution in [2.24, 2.45) is 0 Å². The van der Waals surface area contributed by atoms with Crippen molar-refractivity contribution < 1.29 is 27.1 Å². The Morgan fingerprint density at radius 2 is 1.96 bits per heavy atom. The van der Waals surface area contributed by atoms with Crippen LogP contribution in [0.2, 0.25) is 5.02 Å². The second-order valence-corrected chi connectivity index (χ2v) is 6.85. The molecule has 3 rings (SSSR count). The average molecular weight is 407 g/mol. The van der Waals surface area contributed by atoms with Crippen LogP contribution in [0, 0.1) is 5.82 Å². The molecule has 0 aliphatic heterocycles. The lowest BCUT2D eigenvalue weighted by Crippen LogP contribution is -2.06. The van der Waals surface area contributed by atoms with Crippen LogP contribution < -0.4 is 4.74 Å². The first kappa shape index (κ1) is 19.0. The lowest BCUT2D eigenvalue weighted by molar-refractivity contribution is -0.137. The molecule has 2 aromatic rings. The van der Waals surface area contributed by atoms with Crippen LogP contribution in [0.25, 0.3) is 0 Å². The Kier molecular flexibility index (Phi) is 5.17. The normalized spacial score (nSPS) is 16.5. The summed E-state index contributed by atoms with van der Waals surface area (Å²) in [5, 5.41) is -0.934. The summed E-state index contributed by atoms with van der Waals surface area (Å²) < 4.78 is 57.6. The van der Waals surface area contributed by atoms with Gasteiger partial charge in [-0.15, -0.1) is 0 Å². The zero-order valence-corrected chi connectivity index (χ0v) is 14.7. The number of hydrogen-bond acceptors (Lipinski definition) is 2. The first-order valence-electron chi connectivity index (χ1n) is 7.70. The number of fused-ring (bicyclic) bond motifs is 1. The molecule has 2 nitrogen and oxygen atoms in total. The third kappa shape index (κ3) is 3.96. The Balaban J connectivity index is 1.90. The number of rotatable bonds is 4. The van der Waals surface area contributed by atoms with E-state index in [2.05, 4.69) is 0 Å². The van der Waals surface area contributed by atoms with Gasteiger partial charge in [-0.05, 0) is 65.8 Å². The molecule has 138 valence electrons. The summed E-state index contributed by atoms with van der Waals surface area (Å²) in [7, 11) is 0. The molecule has 0 heterocycles. The third-order valence-electron chi connectivity index (χ3n) is 4.27. The van der Waals surface area contributed by atoms with Gasteiger partial charge in [0.2, 0.25) is 5.24 Å². The third-order valence-corrected chi connectivity index (χ3v) is 4.71. The fourth-order valence-corrected chi connectivity index (χ4v) is 3.51. The lowest BCUT2D eigenvalue weighted by Gasteiger charge is -2.14. The van der Waals surface area contributed by atoms with Gasteiger partial charge in [0.1, 0.15) is 5.75 Å². The average Bonchev–Trinajstić information content (AvgIpc) is 2.91. The first-order valence-corrected chi connectivity index (χ1v) is 8.46. The van der Waals surface area contributed by atoms with Crippen molar-refractivity contribution in [3.05, 3.63) is 57.9 Å². The first-order chi connectivity index (χ1) is 12.1. The van der Waals surface area contributed by atoms with E-state index in [-0.39, 0.29) is 18.1 Å². The Morgan fingerprint density at radius 3 is 2.58 bits per heavy atom. The van der Waals surface area contributed by atoms with Gasteiger partial charge in [-0.1, -0.05) is 17.7 Å². The molecule has 0 spiro atoms. The van der Waals surface area contributed by atoms with Gasteiger partial charge >= 0.3 is 6.18 Å². The van der Waals surface area contributed by atoms with Gasteiger partial charge in [-0.25, -0.2) is 4.39 Å². The van der Waals surface area contributed by atoms with Crippen molar-refractivity contribution in [2.45, 2.75) is 31.4 Å². The smallest absolute Gasteiger partial charge is 0.416 e. The van der Waals surface area contributed by atoms with Crippen LogP contribution in [0.1, 0.15) is 35.4 Å². The number of ether oxygens (including phenoxy) is 1. The Hall–Kier alpha value is -1.79. The van der Waals surface area contributed by atoms with E-state index in [1.165, 1.54) is 0 Å². The topological polar surface area (TPSA) is 26.3 Å². The molecule has 2 aromatic carbocycles. The van der Waals surface area contributed by atoms with E-state index < -0.39 is 33.6 Å². The number of carbonyl (C=O) groups is 1. The molecule has 26 heavy (non-hydrogen) atoms. The van der Waals surface area contributed by atoms with E-state index in [1.54, 1.807) is 18.2 Å². The van der Waals surface area contributed by atoms with Crippen LogP contribution in [-0.4, -0.2) is 5.24 Å². The minimum absolute atomic E-state index is 0.0634. The second-order valence-electron chi connectivity index (χ2n) is 6.02. The number of halogens is 6.